The molecular weight excluding hydrogens is 484 g/mol. The summed E-state index contributed by atoms with van der Waals surface area (Å²) in [6.45, 7) is 8.74. The number of amides is 2. The van der Waals surface area contributed by atoms with Crippen LogP contribution in [0.1, 0.15) is 57.6 Å². The smallest absolute Gasteiger partial charge is 0.261 e. The Labute approximate surface area is 205 Å². The first-order chi connectivity index (χ1) is 15.8. The largest absolute Gasteiger partial charge is 0.497 e. The van der Waals surface area contributed by atoms with E-state index in [4.69, 9.17) is 9.47 Å². The molecule has 0 radical (unpaired) electrons. The minimum absolute atomic E-state index is 0.170. The van der Waals surface area contributed by atoms with Crippen LogP contribution in [0.25, 0.3) is 0 Å². The quantitative estimate of drug-likeness (QED) is 0.387. The zero-order valence-corrected chi connectivity index (χ0v) is 21.8. The minimum Gasteiger partial charge on any atom is -0.497 e. The van der Waals surface area contributed by atoms with E-state index in [1.165, 1.54) is 5.56 Å². The summed E-state index contributed by atoms with van der Waals surface area (Å²) in [5.74, 6) is 1.24. The molecule has 0 aliphatic rings. The number of carbonyl (C=O) groups excluding carboxylic acids is 2. The van der Waals surface area contributed by atoms with Crippen LogP contribution in [-0.4, -0.2) is 43.0 Å². The van der Waals surface area contributed by atoms with Gasteiger partial charge < -0.3 is 19.7 Å². The van der Waals surface area contributed by atoms with Crippen molar-refractivity contribution in [1.29, 1.82) is 0 Å². The second-order valence-corrected chi connectivity index (χ2v) is 9.18. The predicted molar refractivity (Wildman–Crippen MR) is 135 cm³/mol. The molecular formula is C26H35BrN2O4. The summed E-state index contributed by atoms with van der Waals surface area (Å²) in [5, 5.41) is 2.92. The zero-order chi connectivity index (χ0) is 24.4. The molecule has 7 heteroatoms. The Hall–Kier alpha value is -2.54. The fourth-order valence-corrected chi connectivity index (χ4v) is 3.81. The predicted octanol–water partition coefficient (Wildman–Crippen LogP) is 5.29. The van der Waals surface area contributed by atoms with Crippen molar-refractivity contribution in [2.24, 2.45) is 0 Å². The Morgan fingerprint density at radius 1 is 1.12 bits per heavy atom. The Morgan fingerprint density at radius 3 is 2.52 bits per heavy atom. The maximum atomic E-state index is 13.2. The lowest BCUT2D eigenvalue weighted by molar-refractivity contribution is -0.142. The van der Waals surface area contributed by atoms with Gasteiger partial charge in [-0.1, -0.05) is 45.4 Å². The molecule has 1 unspecified atom stereocenters. The molecule has 2 amide bonds. The van der Waals surface area contributed by atoms with Gasteiger partial charge in [0, 0.05) is 13.1 Å². The van der Waals surface area contributed by atoms with E-state index in [1.807, 2.05) is 42.5 Å². The fourth-order valence-electron chi connectivity index (χ4n) is 3.30. The third-order valence-corrected chi connectivity index (χ3v) is 6.08. The van der Waals surface area contributed by atoms with Gasteiger partial charge in [0.15, 0.2) is 6.61 Å². The number of benzene rings is 2. The van der Waals surface area contributed by atoms with E-state index in [2.05, 4.69) is 42.0 Å². The minimum atomic E-state index is -0.643. The van der Waals surface area contributed by atoms with E-state index in [9.17, 15) is 9.59 Å². The molecule has 0 aliphatic heterocycles. The summed E-state index contributed by atoms with van der Waals surface area (Å²) >= 11 is 3.53. The molecule has 0 aromatic heterocycles. The monoisotopic (exact) mass is 518 g/mol. The molecule has 0 aliphatic carbocycles. The van der Waals surface area contributed by atoms with Crippen LogP contribution in [0.2, 0.25) is 0 Å². The number of ether oxygens (including phenoxy) is 2. The number of rotatable bonds is 12. The number of carbonyl (C=O) groups is 2. The highest BCUT2D eigenvalue weighted by Crippen LogP contribution is 2.29. The third kappa shape index (κ3) is 8.07. The zero-order valence-electron chi connectivity index (χ0n) is 20.2. The van der Waals surface area contributed by atoms with E-state index in [1.54, 1.807) is 18.9 Å². The third-order valence-electron chi connectivity index (χ3n) is 5.46. The summed E-state index contributed by atoms with van der Waals surface area (Å²) in [5.41, 5.74) is 2.05. The van der Waals surface area contributed by atoms with Crippen molar-refractivity contribution in [3.63, 3.8) is 0 Å². The number of halogens is 1. The van der Waals surface area contributed by atoms with Crippen LogP contribution in [0.15, 0.2) is 46.9 Å². The van der Waals surface area contributed by atoms with Crippen LogP contribution < -0.4 is 14.8 Å². The van der Waals surface area contributed by atoms with Gasteiger partial charge >= 0.3 is 0 Å². The van der Waals surface area contributed by atoms with Gasteiger partial charge in [0.05, 0.1) is 11.6 Å². The van der Waals surface area contributed by atoms with Gasteiger partial charge in [0.2, 0.25) is 5.91 Å². The molecule has 0 heterocycles. The van der Waals surface area contributed by atoms with Gasteiger partial charge in [-0.15, -0.1) is 0 Å². The second kappa shape index (κ2) is 13.2. The molecule has 2 rings (SSSR count). The van der Waals surface area contributed by atoms with Crippen LogP contribution in [0, 0.1) is 0 Å². The van der Waals surface area contributed by atoms with E-state index in [0.717, 1.165) is 22.9 Å². The average Bonchev–Trinajstić information content (AvgIpc) is 2.81. The molecule has 0 bridgehead atoms. The van der Waals surface area contributed by atoms with Gasteiger partial charge in [0.25, 0.3) is 5.91 Å². The van der Waals surface area contributed by atoms with E-state index in [0.29, 0.717) is 24.0 Å². The summed E-state index contributed by atoms with van der Waals surface area (Å²) < 4.78 is 11.9. The van der Waals surface area contributed by atoms with Gasteiger partial charge in [-0.3, -0.25) is 9.59 Å². The average molecular weight is 519 g/mol. The molecule has 6 nitrogen and oxygen atoms in total. The highest BCUT2D eigenvalue weighted by atomic mass is 79.9. The molecule has 2 aromatic carbocycles. The van der Waals surface area contributed by atoms with Crippen molar-refractivity contribution < 1.29 is 19.1 Å². The lowest BCUT2D eigenvalue weighted by Gasteiger charge is -2.29. The van der Waals surface area contributed by atoms with Gasteiger partial charge in [-0.2, -0.15) is 0 Å². The lowest BCUT2D eigenvalue weighted by atomic mass is 10.0. The summed E-state index contributed by atoms with van der Waals surface area (Å²) in [6, 6.07) is 12.7. The molecule has 2 aromatic rings. The van der Waals surface area contributed by atoms with Crippen LogP contribution in [0.4, 0.5) is 0 Å². The summed E-state index contributed by atoms with van der Waals surface area (Å²) in [4.78, 5) is 27.5. The number of methoxy groups -OCH3 is 1. The van der Waals surface area contributed by atoms with E-state index in [-0.39, 0.29) is 25.0 Å². The molecule has 0 saturated heterocycles. The van der Waals surface area contributed by atoms with Gasteiger partial charge in [-0.25, -0.2) is 0 Å². The van der Waals surface area contributed by atoms with Crippen molar-refractivity contribution in [3.8, 4) is 11.5 Å². The normalized spacial score (nSPS) is 11.7. The second-order valence-electron chi connectivity index (χ2n) is 8.33. The topological polar surface area (TPSA) is 67.9 Å². The number of hydrogen-bond donors (Lipinski definition) is 1. The lowest BCUT2D eigenvalue weighted by Crippen LogP contribution is -2.49. The Kier molecular flexibility index (Phi) is 10.7. The SMILES string of the molecule is CCCCNC(=O)C(C)N(Cc1cccc(OC)c1)C(=O)COc1ccc(C(C)C)cc1Br. The van der Waals surface area contributed by atoms with E-state index < -0.39 is 6.04 Å². The Bertz CT molecular complexity index is 932. The van der Waals surface area contributed by atoms with Gasteiger partial charge in [-0.05, 0) is 70.6 Å². The van der Waals surface area contributed by atoms with Crippen molar-refractivity contribution in [1.82, 2.24) is 10.2 Å². The first-order valence-corrected chi connectivity index (χ1v) is 12.2. The fraction of sp³-hybridized carbons (Fsp3) is 0.462. The maximum absolute atomic E-state index is 13.2. The number of hydrogen-bond acceptors (Lipinski definition) is 4. The van der Waals surface area contributed by atoms with Crippen molar-refractivity contribution in [2.75, 3.05) is 20.3 Å². The van der Waals surface area contributed by atoms with Crippen LogP contribution in [0.5, 0.6) is 11.5 Å². The molecule has 0 fully saturated rings. The number of nitrogens with one attached hydrogen (secondary N) is 1. The Balaban J connectivity index is 2.16. The highest BCUT2D eigenvalue weighted by molar-refractivity contribution is 9.10. The standard InChI is InChI=1S/C26H35BrN2O4/c1-6-7-13-28-26(31)19(4)29(16-20-9-8-10-22(14-20)32-5)25(30)17-33-24-12-11-21(18(2)3)15-23(24)27/h8-12,14-15,18-19H,6-7,13,16-17H2,1-5H3,(H,28,31). The van der Waals surface area contributed by atoms with E-state index >= 15 is 0 Å². The van der Waals surface area contributed by atoms with Crippen molar-refractivity contribution in [3.05, 3.63) is 58.1 Å². The van der Waals surface area contributed by atoms with Crippen LogP contribution in [-0.2, 0) is 16.1 Å². The number of unbranched alkanes of at least 4 members (excludes halogenated alkanes) is 1. The maximum Gasteiger partial charge on any atom is 0.261 e. The molecule has 180 valence electrons. The molecule has 1 atom stereocenters. The van der Waals surface area contributed by atoms with Crippen LogP contribution in [0.3, 0.4) is 0 Å². The first kappa shape index (κ1) is 26.7. The molecule has 1 N–H and O–H groups in total. The molecule has 0 spiro atoms. The highest BCUT2D eigenvalue weighted by Gasteiger charge is 2.26. The van der Waals surface area contributed by atoms with Crippen molar-refractivity contribution >= 4 is 27.7 Å². The van der Waals surface area contributed by atoms with Crippen LogP contribution >= 0.6 is 15.9 Å². The van der Waals surface area contributed by atoms with Gasteiger partial charge in [0.1, 0.15) is 17.5 Å². The number of nitrogens with zero attached hydrogens (tertiary/aromatic N) is 1. The van der Waals surface area contributed by atoms with Crippen molar-refractivity contribution in [2.45, 2.75) is 59.0 Å². The summed E-state index contributed by atoms with van der Waals surface area (Å²) in [6.07, 6.45) is 1.88. The molecule has 33 heavy (non-hydrogen) atoms. The summed E-state index contributed by atoms with van der Waals surface area (Å²) in [7, 11) is 1.60. The Morgan fingerprint density at radius 2 is 1.88 bits per heavy atom. The molecule has 0 saturated carbocycles. The first-order valence-electron chi connectivity index (χ1n) is 11.4.